The number of nitrogens with one attached hydrogen (secondary N) is 2. The Hall–Kier alpha value is -2.37. The lowest BCUT2D eigenvalue weighted by atomic mass is 9.79. The summed E-state index contributed by atoms with van der Waals surface area (Å²) in [5.41, 5.74) is 1.50. The van der Waals surface area contributed by atoms with Crippen LogP contribution in [0.1, 0.15) is 56.8 Å². The second-order valence-corrected chi connectivity index (χ2v) is 7.57. The molecule has 28 heavy (non-hydrogen) atoms. The number of aromatic nitrogens is 3. The number of rotatable bonds is 8. The van der Waals surface area contributed by atoms with Crippen LogP contribution >= 0.6 is 0 Å². The molecule has 1 heterocycles. The molecule has 0 unspecified atom stereocenters. The third-order valence-electron chi connectivity index (χ3n) is 5.63. The molecule has 1 fully saturated rings. The van der Waals surface area contributed by atoms with Crippen molar-refractivity contribution in [2.24, 2.45) is 10.9 Å². The molecule has 0 saturated heterocycles. The number of guanidine groups is 1. The van der Waals surface area contributed by atoms with Crippen LogP contribution in [0.4, 0.5) is 0 Å². The van der Waals surface area contributed by atoms with E-state index in [0.717, 1.165) is 50.3 Å². The van der Waals surface area contributed by atoms with Crippen LogP contribution in [-0.4, -0.2) is 40.4 Å². The van der Waals surface area contributed by atoms with Gasteiger partial charge in [0, 0.05) is 32.6 Å². The van der Waals surface area contributed by atoms with Crippen molar-refractivity contribution in [3.63, 3.8) is 0 Å². The molecule has 1 aromatic carbocycles. The van der Waals surface area contributed by atoms with Gasteiger partial charge < -0.3 is 15.2 Å². The number of hydrogen-bond donors (Lipinski definition) is 2. The number of hydrogen-bond acceptors (Lipinski definition) is 3. The molecule has 0 amide bonds. The van der Waals surface area contributed by atoms with Crippen molar-refractivity contribution >= 4 is 5.96 Å². The molecule has 1 aliphatic rings. The summed E-state index contributed by atoms with van der Waals surface area (Å²) < 4.78 is 2.10. The topological polar surface area (TPSA) is 67.1 Å². The Kier molecular flexibility index (Phi) is 7.88. The Labute approximate surface area is 168 Å². The first kappa shape index (κ1) is 20.4. The second-order valence-electron chi connectivity index (χ2n) is 7.57. The van der Waals surface area contributed by atoms with Crippen molar-refractivity contribution < 1.29 is 0 Å². The van der Waals surface area contributed by atoms with E-state index in [1.165, 1.54) is 31.2 Å². The maximum absolute atomic E-state index is 4.85. The monoisotopic (exact) mass is 382 g/mol. The Morgan fingerprint density at radius 2 is 1.89 bits per heavy atom. The minimum atomic E-state index is 0.694. The zero-order valence-corrected chi connectivity index (χ0v) is 17.3. The van der Waals surface area contributed by atoms with Gasteiger partial charge in [-0.15, -0.1) is 10.2 Å². The molecule has 152 valence electrons. The number of benzene rings is 1. The van der Waals surface area contributed by atoms with Crippen LogP contribution in [0.5, 0.6) is 0 Å². The van der Waals surface area contributed by atoms with Crippen LogP contribution in [0.3, 0.4) is 0 Å². The van der Waals surface area contributed by atoms with Gasteiger partial charge in [0.2, 0.25) is 0 Å². The van der Waals surface area contributed by atoms with Crippen molar-refractivity contribution in [3.8, 4) is 0 Å². The molecule has 0 spiro atoms. The smallest absolute Gasteiger partial charge is 0.191 e. The Morgan fingerprint density at radius 3 is 2.61 bits per heavy atom. The highest BCUT2D eigenvalue weighted by atomic mass is 15.3. The normalized spacial score (nSPS) is 20.1. The summed E-state index contributed by atoms with van der Waals surface area (Å²) in [4.78, 5) is 4.85. The molecule has 6 heteroatoms. The van der Waals surface area contributed by atoms with Gasteiger partial charge in [-0.05, 0) is 50.0 Å². The van der Waals surface area contributed by atoms with E-state index in [1.54, 1.807) is 6.33 Å². The molecule has 1 saturated carbocycles. The van der Waals surface area contributed by atoms with Gasteiger partial charge in [0.25, 0.3) is 0 Å². The summed E-state index contributed by atoms with van der Waals surface area (Å²) in [5, 5.41) is 14.9. The third kappa shape index (κ3) is 5.81. The minimum Gasteiger partial charge on any atom is -0.357 e. The predicted octanol–water partition coefficient (Wildman–Crippen LogP) is 3.37. The van der Waals surface area contributed by atoms with Gasteiger partial charge in [0.05, 0.1) is 0 Å². The van der Waals surface area contributed by atoms with Crippen molar-refractivity contribution in [2.75, 3.05) is 19.6 Å². The zero-order chi connectivity index (χ0) is 19.6. The highest BCUT2D eigenvalue weighted by Gasteiger charge is 2.22. The van der Waals surface area contributed by atoms with E-state index in [2.05, 4.69) is 69.6 Å². The number of aliphatic imine (C=N–C) groups is 1. The molecular weight excluding hydrogens is 348 g/mol. The molecule has 1 aliphatic carbocycles. The van der Waals surface area contributed by atoms with Crippen LogP contribution in [0.25, 0.3) is 0 Å². The molecule has 3 rings (SSSR count). The molecular formula is C22H34N6. The van der Waals surface area contributed by atoms with Crippen LogP contribution in [0, 0.1) is 5.92 Å². The Morgan fingerprint density at radius 1 is 1.11 bits per heavy atom. The lowest BCUT2D eigenvalue weighted by Crippen LogP contribution is -2.39. The predicted molar refractivity (Wildman–Crippen MR) is 115 cm³/mol. The van der Waals surface area contributed by atoms with E-state index >= 15 is 0 Å². The van der Waals surface area contributed by atoms with Gasteiger partial charge in [-0.2, -0.15) is 0 Å². The Bertz CT molecular complexity index is 716. The minimum absolute atomic E-state index is 0.694. The molecule has 0 bridgehead atoms. The standard InChI is InChI=1S/C22H34N6/c1-3-21-27-26-17-28(21)15-14-24-22(23-4-2)25-16-18-10-12-20(13-11-18)19-8-6-5-7-9-19/h5-9,17-18,20H,3-4,10-16H2,1-2H3,(H2,23,24,25). The lowest BCUT2D eigenvalue weighted by molar-refractivity contribution is 0.333. The van der Waals surface area contributed by atoms with Crippen LogP contribution < -0.4 is 10.6 Å². The van der Waals surface area contributed by atoms with Crippen LogP contribution in [0.15, 0.2) is 41.7 Å². The second kappa shape index (κ2) is 10.8. The molecule has 1 aromatic heterocycles. The van der Waals surface area contributed by atoms with Gasteiger partial charge >= 0.3 is 0 Å². The average Bonchev–Trinajstić information content (AvgIpc) is 3.20. The SMILES string of the molecule is CCNC(=NCC1CCC(c2ccccc2)CC1)NCCn1cnnc1CC. The van der Waals surface area contributed by atoms with E-state index in [1.807, 2.05) is 0 Å². The highest BCUT2D eigenvalue weighted by Crippen LogP contribution is 2.35. The largest absolute Gasteiger partial charge is 0.357 e. The van der Waals surface area contributed by atoms with E-state index in [0.29, 0.717) is 5.92 Å². The molecule has 2 aromatic rings. The Balaban J connectivity index is 1.44. The molecule has 6 nitrogen and oxygen atoms in total. The first-order chi connectivity index (χ1) is 13.8. The highest BCUT2D eigenvalue weighted by molar-refractivity contribution is 5.79. The van der Waals surface area contributed by atoms with E-state index in [-0.39, 0.29) is 0 Å². The number of nitrogens with zero attached hydrogens (tertiary/aromatic N) is 4. The van der Waals surface area contributed by atoms with E-state index < -0.39 is 0 Å². The van der Waals surface area contributed by atoms with Crippen molar-refractivity contribution in [3.05, 3.63) is 48.0 Å². The van der Waals surface area contributed by atoms with Crippen molar-refractivity contribution in [2.45, 2.75) is 58.4 Å². The fourth-order valence-corrected chi connectivity index (χ4v) is 4.00. The van der Waals surface area contributed by atoms with Gasteiger partial charge in [0.1, 0.15) is 12.2 Å². The lowest BCUT2D eigenvalue weighted by Gasteiger charge is -2.28. The molecule has 0 atom stereocenters. The maximum atomic E-state index is 4.85. The van der Waals surface area contributed by atoms with Gasteiger partial charge in [-0.1, -0.05) is 37.3 Å². The molecule has 2 N–H and O–H groups in total. The first-order valence-corrected chi connectivity index (χ1v) is 10.7. The maximum Gasteiger partial charge on any atom is 0.191 e. The zero-order valence-electron chi connectivity index (χ0n) is 17.3. The molecule has 0 radical (unpaired) electrons. The fourth-order valence-electron chi connectivity index (χ4n) is 4.00. The first-order valence-electron chi connectivity index (χ1n) is 10.7. The van der Waals surface area contributed by atoms with Gasteiger partial charge in [-0.25, -0.2) is 0 Å². The molecule has 0 aliphatic heterocycles. The summed E-state index contributed by atoms with van der Waals surface area (Å²) in [6.45, 7) is 7.66. The van der Waals surface area contributed by atoms with Crippen molar-refractivity contribution in [1.82, 2.24) is 25.4 Å². The average molecular weight is 383 g/mol. The number of aryl methyl sites for hydroxylation is 1. The van der Waals surface area contributed by atoms with Gasteiger partial charge in [0.15, 0.2) is 5.96 Å². The van der Waals surface area contributed by atoms with E-state index in [4.69, 9.17) is 4.99 Å². The van der Waals surface area contributed by atoms with Crippen LogP contribution in [0.2, 0.25) is 0 Å². The van der Waals surface area contributed by atoms with Gasteiger partial charge in [-0.3, -0.25) is 4.99 Å². The van der Waals surface area contributed by atoms with Crippen LogP contribution in [-0.2, 0) is 13.0 Å². The summed E-state index contributed by atoms with van der Waals surface area (Å²) >= 11 is 0. The fraction of sp³-hybridized carbons (Fsp3) is 0.591. The summed E-state index contributed by atoms with van der Waals surface area (Å²) in [5.74, 6) is 3.36. The quantitative estimate of drug-likeness (QED) is 0.543. The van der Waals surface area contributed by atoms with Crippen molar-refractivity contribution in [1.29, 1.82) is 0 Å². The third-order valence-corrected chi connectivity index (χ3v) is 5.63. The summed E-state index contributed by atoms with van der Waals surface area (Å²) in [6, 6.07) is 11.0. The summed E-state index contributed by atoms with van der Waals surface area (Å²) in [6.07, 6.45) is 7.80. The van der Waals surface area contributed by atoms with E-state index in [9.17, 15) is 0 Å². The summed E-state index contributed by atoms with van der Waals surface area (Å²) in [7, 11) is 0.